The largest absolute Gasteiger partial charge is 0.494 e. The van der Waals surface area contributed by atoms with Crippen molar-refractivity contribution in [2.24, 2.45) is 0 Å². The molecule has 0 bridgehead atoms. The zero-order chi connectivity index (χ0) is 24.9. The fourth-order valence-corrected chi connectivity index (χ4v) is 4.74. The van der Waals surface area contributed by atoms with Gasteiger partial charge in [-0.15, -0.1) is 10.2 Å². The van der Waals surface area contributed by atoms with Crippen molar-refractivity contribution in [3.63, 3.8) is 0 Å². The number of ether oxygens (including phenoxy) is 2. The predicted octanol–water partition coefficient (Wildman–Crippen LogP) is 3.26. The van der Waals surface area contributed by atoms with Gasteiger partial charge in [-0.05, 0) is 63.4 Å². The van der Waals surface area contributed by atoms with Crippen molar-refractivity contribution in [3.8, 4) is 23.2 Å². The minimum absolute atomic E-state index is 0.0622. The Morgan fingerprint density at radius 2 is 2.11 bits per heavy atom. The molecule has 1 aromatic carbocycles. The van der Waals surface area contributed by atoms with Gasteiger partial charge in [0, 0.05) is 17.9 Å². The maximum atomic E-state index is 12.9. The number of nitrogens with zero attached hydrogens (tertiary/aromatic N) is 5. The SMILES string of the molecule is CCOc1ccc(-c2nnc(SCC(=O)Nc3c(C#N)c(C)c(C)n3CC3CCCO3)n2N)cc1. The number of carbonyl (C=O) groups excluding carboxylic acids is 1. The minimum Gasteiger partial charge on any atom is -0.494 e. The zero-order valence-electron chi connectivity index (χ0n) is 20.1. The van der Waals surface area contributed by atoms with Gasteiger partial charge in [-0.1, -0.05) is 11.8 Å². The van der Waals surface area contributed by atoms with Crippen LogP contribution in [0.1, 0.15) is 36.6 Å². The van der Waals surface area contributed by atoms with Crippen molar-refractivity contribution >= 4 is 23.5 Å². The highest BCUT2D eigenvalue weighted by atomic mass is 32.2. The van der Waals surface area contributed by atoms with E-state index in [2.05, 4.69) is 21.6 Å². The quantitative estimate of drug-likeness (QED) is 0.341. The van der Waals surface area contributed by atoms with Crippen LogP contribution in [-0.2, 0) is 16.1 Å². The number of anilines is 1. The Balaban J connectivity index is 1.44. The molecule has 1 amide bonds. The Morgan fingerprint density at radius 1 is 1.34 bits per heavy atom. The maximum Gasteiger partial charge on any atom is 0.235 e. The van der Waals surface area contributed by atoms with Crippen LogP contribution in [0.2, 0.25) is 0 Å². The van der Waals surface area contributed by atoms with Crippen molar-refractivity contribution in [1.29, 1.82) is 5.26 Å². The number of rotatable bonds is 9. The van der Waals surface area contributed by atoms with Crippen LogP contribution in [0, 0.1) is 25.2 Å². The lowest BCUT2D eigenvalue weighted by Gasteiger charge is -2.16. The Morgan fingerprint density at radius 3 is 2.77 bits per heavy atom. The number of nitrogens with two attached hydrogens (primary N) is 1. The number of nitrogen functional groups attached to an aromatic ring is 1. The van der Waals surface area contributed by atoms with Crippen LogP contribution >= 0.6 is 11.8 Å². The number of aromatic nitrogens is 4. The van der Waals surface area contributed by atoms with Crippen LogP contribution in [0.3, 0.4) is 0 Å². The van der Waals surface area contributed by atoms with E-state index in [0.29, 0.717) is 35.5 Å². The van der Waals surface area contributed by atoms with Crippen LogP contribution in [0.25, 0.3) is 11.4 Å². The molecule has 10 nitrogen and oxygen atoms in total. The molecule has 11 heteroatoms. The molecule has 0 aliphatic carbocycles. The fourth-order valence-electron chi connectivity index (χ4n) is 4.09. The lowest BCUT2D eigenvalue weighted by Crippen LogP contribution is -2.22. The van der Waals surface area contributed by atoms with Crippen LogP contribution in [0.4, 0.5) is 5.82 Å². The highest BCUT2D eigenvalue weighted by Crippen LogP contribution is 2.29. The van der Waals surface area contributed by atoms with Crippen molar-refractivity contribution in [2.75, 3.05) is 30.1 Å². The van der Waals surface area contributed by atoms with E-state index in [1.807, 2.05) is 49.6 Å². The van der Waals surface area contributed by atoms with Gasteiger partial charge < -0.3 is 25.2 Å². The van der Waals surface area contributed by atoms with Crippen LogP contribution in [0.15, 0.2) is 29.4 Å². The van der Waals surface area contributed by atoms with Crippen molar-refractivity contribution < 1.29 is 14.3 Å². The third kappa shape index (κ3) is 5.28. The molecule has 0 radical (unpaired) electrons. The molecular formula is C24H29N7O3S. The molecule has 35 heavy (non-hydrogen) atoms. The predicted molar refractivity (Wildman–Crippen MR) is 134 cm³/mol. The first-order valence-corrected chi connectivity index (χ1v) is 12.5. The molecule has 0 saturated carbocycles. The standard InChI is InChI=1S/C24H29N7O3S/c1-4-33-18-9-7-17(8-10-18)22-28-29-24(31(22)26)35-14-21(32)27-23-20(12-25)15(2)16(3)30(23)13-19-6-5-11-34-19/h7-10,19H,4-6,11,13-14,26H2,1-3H3,(H,27,32). The van der Waals surface area contributed by atoms with Gasteiger partial charge in [-0.2, -0.15) is 5.26 Å². The number of benzene rings is 1. The van der Waals surface area contributed by atoms with Gasteiger partial charge in [0.15, 0.2) is 5.82 Å². The van der Waals surface area contributed by atoms with E-state index in [1.165, 1.54) is 16.4 Å². The third-order valence-electron chi connectivity index (χ3n) is 6.03. The summed E-state index contributed by atoms with van der Waals surface area (Å²) in [5, 5.41) is 21.4. The van der Waals surface area contributed by atoms with Gasteiger partial charge in [-0.3, -0.25) is 4.79 Å². The van der Waals surface area contributed by atoms with E-state index in [4.69, 9.17) is 15.3 Å². The number of carbonyl (C=O) groups is 1. The highest BCUT2D eigenvalue weighted by molar-refractivity contribution is 7.99. The molecule has 0 spiro atoms. The summed E-state index contributed by atoms with van der Waals surface area (Å²) in [7, 11) is 0. The van der Waals surface area contributed by atoms with E-state index in [1.54, 1.807) is 0 Å². The van der Waals surface area contributed by atoms with E-state index >= 15 is 0 Å². The molecule has 2 aromatic heterocycles. The summed E-state index contributed by atoms with van der Waals surface area (Å²) < 4.78 is 14.6. The molecule has 3 aromatic rings. The molecule has 4 rings (SSSR count). The highest BCUT2D eigenvalue weighted by Gasteiger charge is 2.24. The van der Waals surface area contributed by atoms with E-state index in [-0.39, 0.29) is 17.8 Å². The number of nitriles is 1. The lowest BCUT2D eigenvalue weighted by atomic mass is 10.2. The summed E-state index contributed by atoms with van der Waals surface area (Å²) in [4.78, 5) is 12.9. The Hall–Kier alpha value is -3.49. The molecule has 1 atom stereocenters. The maximum absolute atomic E-state index is 12.9. The Kier molecular flexibility index (Phi) is 7.63. The second kappa shape index (κ2) is 10.8. The number of thioether (sulfide) groups is 1. The third-order valence-corrected chi connectivity index (χ3v) is 6.97. The molecular weight excluding hydrogens is 466 g/mol. The lowest BCUT2D eigenvalue weighted by molar-refractivity contribution is -0.113. The normalized spacial score (nSPS) is 15.2. The van der Waals surface area contributed by atoms with Gasteiger partial charge in [0.1, 0.15) is 17.6 Å². The second-order valence-corrected chi connectivity index (χ2v) is 9.20. The molecule has 3 heterocycles. The van der Waals surface area contributed by atoms with Crippen LogP contribution in [0.5, 0.6) is 5.75 Å². The average Bonchev–Trinajstić information content (AvgIpc) is 3.55. The van der Waals surface area contributed by atoms with Gasteiger partial charge in [0.25, 0.3) is 0 Å². The van der Waals surface area contributed by atoms with E-state index in [9.17, 15) is 10.1 Å². The molecule has 1 aliphatic rings. The van der Waals surface area contributed by atoms with Crippen LogP contribution in [-0.4, -0.2) is 50.4 Å². The minimum atomic E-state index is -0.261. The average molecular weight is 496 g/mol. The van der Waals surface area contributed by atoms with Crippen molar-refractivity contribution in [2.45, 2.75) is 51.4 Å². The first-order valence-electron chi connectivity index (χ1n) is 11.5. The number of hydrogen-bond donors (Lipinski definition) is 2. The molecule has 1 saturated heterocycles. The molecule has 184 valence electrons. The van der Waals surface area contributed by atoms with E-state index < -0.39 is 0 Å². The molecule has 1 aliphatic heterocycles. The topological polar surface area (TPSA) is 133 Å². The monoisotopic (exact) mass is 495 g/mol. The smallest absolute Gasteiger partial charge is 0.235 e. The first kappa shape index (κ1) is 24.6. The summed E-state index contributed by atoms with van der Waals surface area (Å²) in [5.41, 5.74) is 3.06. The van der Waals surface area contributed by atoms with Crippen LogP contribution < -0.4 is 15.9 Å². The summed E-state index contributed by atoms with van der Waals surface area (Å²) in [6, 6.07) is 9.63. The fraction of sp³-hybridized carbons (Fsp3) is 0.417. The summed E-state index contributed by atoms with van der Waals surface area (Å²) in [5.74, 6) is 7.76. The number of amides is 1. The molecule has 1 fully saturated rings. The molecule has 1 unspecified atom stereocenters. The van der Waals surface area contributed by atoms with Gasteiger partial charge >= 0.3 is 0 Å². The summed E-state index contributed by atoms with van der Waals surface area (Å²) in [6.45, 7) is 7.70. The second-order valence-electron chi connectivity index (χ2n) is 8.26. The zero-order valence-corrected chi connectivity index (χ0v) is 20.9. The van der Waals surface area contributed by atoms with Crippen molar-refractivity contribution in [3.05, 3.63) is 41.1 Å². The van der Waals surface area contributed by atoms with Gasteiger partial charge in [-0.25, -0.2) is 4.68 Å². The van der Waals surface area contributed by atoms with E-state index in [0.717, 1.165) is 42.0 Å². The Labute approximate surface area is 208 Å². The number of hydrogen-bond acceptors (Lipinski definition) is 8. The summed E-state index contributed by atoms with van der Waals surface area (Å²) in [6.07, 6.45) is 2.06. The summed E-state index contributed by atoms with van der Waals surface area (Å²) >= 11 is 1.18. The molecule has 3 N–H and O–H groups in total. The first-order chi connectivity index (χ1) is 16.9. The van der Waals surface area contributed by atoms with Crippen molar-refractivity contribution in [1.82, 2.24) is 19.4 Å². The van der Waals surface area contributed by atoms with Gasteiger partial charge in [0.05, 0.1) is 30.6 Å². The van der Waals surface area contributed by atoms with Gasteiger partial charge in [0.2, 0.25) is 11.1 Å². The Bertz CT molecular complexity index is 1240. The number of nitrogens with one attached hydrogen (secondary N) is 1.